The minimum atomic E-state index is -3.96. The first-order valence-electron chi connectivity index (χ1n) is 4.36. The van der Waals surface area contributed by atoms with E-state index in [2.05, 4.69) is 0 Å². The number of hydrogen-bond acceptors (Lipinski definition) is 3. The Labute approximate surface area is 96.3 Å². The lowest BCUT2D eigenvalue weighted by Gasteiger charge is -2.20. The Hall–Kier alpha value is -1.70. The Morgan fingerprint density at radius 3 is 2.41 bits per heavy atom. The molecule has 1 N–H and O–H groups in total. The number of carboxylic acid groups (broad SMARTS) is 1. The van der Waals surface area contributed by atoms with Crippen molar-refractivity contribution < 1.29 is 27.1 Å². The molecule has 17 heavy (non-hydrogen) atoms. The molecule has 0 aliphatic heterocycles. The van der Waals surface area contributed by atoms with E-state index in [-0.39, 0.29) is 0 Å². The molecular weight excluding hydrogens is 256 g/mol. The Balaban J connectivity index is 3.27. The molecule has 8 heteroatoms. The number of carboxylic acids is 1. The molecule has 0 saturated heterocycles. The van der Waals surface area contributed by atoms with Gasteiger partial charge in [-0.1, -0.05) is 0 Å². The summed E-state index contributed by atoms with van der Waals surface area (Å²) in [4.78, 5) is 10.5. The van der Waals surface area contributed by atoms with Gasteiger partial charge in [-0.25, -0.2) is 17.2 Å². The predicted molar refractivity (Wildman–Crippen MR) is 56.2 cm³/mol. The fourth-order valence-corrected chi connectivity index (χ4v) is 2.04. The van der Waals surface area contributed by atoms with Crippen LogP contribution in [0.25, 0.3) is 0 Å². The third-order valence-corrected chi connectivity index (χ3v) is 2.98. The Morgan fingerprint density at radius 1 is 1.41 bits per heavy atom. The summed E-state index contributed by atoms with van der Waals surface area (Å²) in [6, 6.07) is 2.20. The third-order valence-electron chi connectivity index (χ3n) is 1.86. The van der Waals surface area contributed by atoms with Crippen molar-refractivity contribution in [1.29, 1.82) is 0 Å². The number of carbonyl (C=O) groups is 1. The number of rotatable bonds is 4. The van der Waals surface area contributed by atoms with Crippen LogP contribution in [0.5, 0.6) is 0 Å². The molecule has 0 saturated carbocycles. The summed E-state index contributed by atoms with van der Waals surface area (Å²) in [7, 11) is -3.96. The van der Waals surface area contributed by atoms with E-state index in [1.807, 2.05) is 0 Å². The summed E-state index contributed by atoms with van der Waals surface area (Å²) in [5.74, 6) is -3.47. The molecule has 0 atom stereocenters. The molecule has 0 aliphatic rings. The van der Waals surface area contributed by atoms with E-state index in [1.54, 1.807) is 0 Å². The van der Waals surface area contributed by atoms with Gasteiger partial charge in [0.25, 0.3) is 0 Å². The van der Waals surface area contributed by atoms with Crippen molar-refractivity contribution in [2.45, 2.75) is 0 Å². The van der Waals surface area contributed by atoms with E-state index in [9.17, 15) is 22.0 Å². The first kappa shape index (κ1) is 13.4. The second-order valence-corrected chi connectivity index (χ2v) is 5.17. The van der Waals surface area contributed by atoms with E-state index < -0.39 is 39.9 Å². The summed E-state index contributed by atoms with van der Waals surface area (Å²) in [5, 5.41) is 8.55. The van der Waals surface area contributed by atoms with Crippen molar-refractivity contribution in [3.63, 3.8) is 0 Å². The van der Waals surface area contributed by atoms with Gasteiger partial charge in [-0.05, 0) is 12.1 Å². The van der Waals surface area contributed by atoms with Crippen molar-refractivity contribution in [3.05, 3.63) is 29.8 Å². The second kappa shape index (κ2) is 4.66. The molecule has 0 unspecified atom stereocenters. The van der Waals surface area contributed by atoms with Crippen molar-refractivity contribution in [2.24, 2.45) is 0 Å². The Morgan fingerprint density at radius 2 is 2.00 bits per heavy atom. The van der Waals surface area contributed by atoms with Crippen LogP contribution in [-0.4, -0.2) is 32.3 Å². The van der Waals surface area contributed by atoms with Gasteiger partial charge >= 0.3 is 5.97 Å². The zero-order valence-corrected chi connectivity index (χ0v) is 9.54. The highest BCUT2D eigenvalue weighted by Crippen LogP contribution is 2.22. The van der Waals surface area contributed by atoms with E-state index >= 15 is 0 Å². The zero-order chi connectivity index (χ0) is 13.2. The molecule has 5 nitrogen and oxygen atoms in total. The van der Waals surface area contributed by atoms with Gasteiger partial charge in [-0.15, -0.1) is 0 Å². The first-order chi connectivity index (χ1) is 7.71. The lowest BCUT2D eigenvalue weighted by Crippen LogP contribution is -2.35. The standard InChI is InChI=1S/C9H9F2NO4S/c1-17(15,16)12(5-9(13)14)8-3-2-6(10)4-7(8)11/h2-4H,5H2,1H3,(H,13,14). The smallest absolute Gasteiger partial charge is 0.324 e. The third kappa shape index (κ3) is 3.38. The van der Waals surface area contributed by atoms with Gasteiger partial charge < -0.3 is 5.11 Å². The highest BCUT2D eigenvalue weighted by molar-refractivity contribution is 7.92. The molecule has 0 bridgehead atoms. The van der Waals surface area contributed by atoms with Crippen LogP contribution in [-0.2, 0) is 14.8 Å². The molecule has 0 heterocycles. The lowest BCUT2D eigenvalue weighted by molar-refractivity contribution is -0.135. The van der Waals surface area contributed by atoms with Gasteiger partial charge in [-0.3, -0.25) is 9.10 Å². The van der Waals surface area contributed by atoms with E-state index in [0.29, 0.717) is 10.4 Å². The molecular formula is C9H9F2NO4S. The first-order valence-corrected chi connectivity index (χ1v) is 6.21. The highest BCUT2D eigenvalue weighted by Gasteiger charge is 2.23. The molecule has 0 radical (unpaired) electrons. The van der Waals surface area contributed by atoms with Crippen LogP contribution in [0.2, 0.25) is 0 Å². The largest absolute Gasteiger partial charge is 0.480 e. The van der Waals surface area contributed by atoms with Crippen LogP contribution in [0.1, 0.15) is 0 Å². The van der Waals surface area contributed by atoms with Crippen LogP contribution in [0.4, 0.5) is 14.5 Å². The second-order valence-electron chi connectivity index (χ2n) is 3.26. The number of halogens is 2. The van der Waals surface area contributed by atoms with Crippen LogP contribution in [0.3, 0.4) is 0 Å². The van der Waals surface area contributed by atoms with Crippen LogP contribution >= 0.6 is 0 Å². The molecule has 1 aromatic carbocycles. The molecule has 0 aromatic heterocycles. The summed E-state index contributed by atoms with van der Waals surface area (Å²) >= 11 is 0. The molecule has 1 aromatic rings. The monoisotopic (exact) mass is 265 g/mol. The maximum absolute atomic E-state index is 13.3. The average molecular weight is 265 g/mol. The number of nitrogens with zero attached hydrogens (tertiary/aromatic N) is 1. The van der Waals surface area contributed by atoms with E-state index in [4.69, 9.17) is 5.11 Å². The SMILES string of the molecule is CS(=O)(=O)N(CC(=O)O)c1ccc(F)cc1F. The molecule has 94 valence electrons. The van der Waals surface area contributed by atoms with Crippen LogP contribution < -0.4 is 4.31 Å². The quantitative estimate of drug-likeness (QED) is 0.874. The normalized spacial score (nSPS) is 11.2. The van der Waals surface area contributed by atoms with Crippen LogP contribution in [0.15, 0.2) is 18.2 Å². The number of anilines is 1. The van der Waals surface area contributed by atoms with Gasteiger partial charge in [0.1, 0.15) is 18.2 Å². The minimum absolute atomic E-state index is 0.351. The minimum Gasteiger partial charge on any atom is -0.480 e. The number of benzene rings is 1. The number of hydrogen-bond donors (Lipinski definition) is 1. The van der Waals surface area contributed by atoms with Crippen LogP contribution in [0, 0.1) is 11.6 Å². The van der Waals surface area contributed by atoms with Crippen molar-refractivity contribution >= 4 is 21.7 Å². The zero-order valence-electron chi connectivity index (χ0n) is 8.72. The Bertz CT molecular complexity index is 544. The predicted octanol–water partition coefficient (Wildman–Crippen LogP) is 0.815. The summed E-state index contributed by atoms with van der Waals surface area (Å²) < 4.78 is 49.0. The molecule has 0 amide bonds. The fraction of sp³-hybridized carbons (Fsp3) is 0.222. The molecule has 0 fully saturated rings. The molecule has 1 rings (SSSR count). The maximum Gasteiger partial charge on any atom is 0.324 e. The molecule has 0 spiro atoms. The van der Waals surface area contributed by atoms with Gasteiger partial charge in [-0.2, -0.15) is 0 Å². The highest BCUT2D eigenvalue weighted by atomic mass is 32.2. The Kier molecular flexibility index (Phi) is 3.66. The van der Waals surface area contributed by atoms with Gasteiger partial charge in [0.15, 0.2) is 0 Å². The topological polar surface area (TPSA) is 74.7 Å². The van der Waals surface area contributed by atoms with E-state index in [0.717, 1.165) is 18.4 Å². The van der Waals surface area contributed by atoms with E-state index in [1.165, 1.54) is 0 Å². The lowest BCUT2D eigenvalue weighted by atomic mass is 10.3. The van der Waals surface area contributed by atoms with Gasteiger partial charge in [0, 0.05) is 6.07 Å². The summed E-state index contributed by atoms with van der Waals surface area (Å²) in [5.41, 5.74) is -0.503. The van der Waals surface area contributed by atoms with Crippen molar-refractivity contribution in [1.82, 2.24) is 0 Å². The van der Waals surface area contributed by atoms with Crippen molar-refractivity contribution in [2.75, 3.05) is 17.1 Å². The number of sulfonamides is 1. The fourth-order valence-electron chi connectivity index (χ4n) is 1.19. The van der Waals surface area contributed by atoms with Crippen molar-refractivity contribution in [3.8, 4) is 0 Å². The average Bonchev–Trinajstić information content (AvgIpc) is 2.13. The number of aliphatic carboxylic acids is 1. The van der Waals surface area contributed by atoms with Gasteiger partial charge in [0.05, 0.1) is 11.9 Å². The van der Waals surface area contributed by atoms with Gasteiger partial charge in [0.2, 0.25) is 10.0 Å². The maximum atomic E-state index is 13.3. The molecule has 0 aliphatic carbocycles. The summed E-state index contributed by atoms with van der Waals surface area (Å²) in [6.07, 6.45) is 0.735. The summed E-state index contributed by atoms with van der Waals surface area (Å²) in [6.45, 7) is -0.929.